The molecule has 0 N–H and O–H groups in total. The van der Waals surface area contributed by atoms with Crippen molar-refractivity contribution in [3.63, 3.8) is 0 Å². The van der Waals surface area contributed by atoms with Gasteiger partial charge in [0.1, 0.15) is 5.76 Å². The van der Waals surface area contributed by atoms with E-state index in [0.29, 0.717) is 5.76 Å². The number of carbonyl (C=O) groups excluding carboxylic acids is 1. The Balaban J connectivity index is 2.18. The lowest BCUT2D eigenvalue weighted by atomic mass is 10.1. The number of rotatable bonds is 5. The molecule has 1 aromatic heterocycles. The maximum atomic E-state index is 12.5. The molecule has 2 aromatic rings. The molecule has 1 atom stereocenters. The van der Waals surface area contributed by atoms with Gasteiger partial charge in [-0.15, -0.1) is 0 Å². The molecule has 0 fully saturated rings. The monoisotopic (exact) mass is 335 g/mol. The van der Waals surface area contributed by atoms with Gasteiger partial charge in [-0.05, 0) is 36.8 Å². The molecule has 1 aromatic carbocycles. The van der Waals surface area contributed by atoms with Gasteiger partial charge in [-0.2, -0.15) is 0 Å². The van der Waals surface area contributed by atoms with E-state index in [1.807, 2.05) is 13.8 Å². The van der Waals surface area contributed by atoms with Gasteiger partial charge in [0, 0.05) is 19.7 Å². The fourth-order valence-electron chi connectivity index (χ4n) is 2.25. The summed E-state index contributed by atoms with van der Waals surface area (Å²) in [5, 5.41) is 0. The smallest absolute Gasteiger partial charge is 0.289 e. The Morgan fingerprint density at radius 3 is 2.26 bits per heavy atom. The molecule has 0 saturated carbocycles. The summed E-state index contributed by atoms with van der Waals surface area (Å²) in [6.45, 7) is 3.85. The topological polar surface area (TPSA) is 67.6 Å². The molecule has 124 valence electrons. The van der Waals surface area contributed by atoms with Crippen molar-refractivity contribution in [3.8, 4) is 0 Å². The lowest BCUT2D eigenvalue weighted by molar-refractivity contribution is 0.0708. The second kappa shape index (κ2) is 6.58. The molecule has 0 aliphatic carbocycles. The number of nitrogens with zero attached hydrogens (tertiary/aromatic N) is 1. The van der Waals surface area contributed by atoms with Gasteiger partial charge in [0.25, 0.3) is 5.91 Å². The van der Waals surface area contributed by atoms with Gasteiger partial charge in [-0.25, -0.2) is 8.42 Å². The van der Waals surface area contributed by atoms with Gasteiger partial charge in [-0.3, -0.25) is 4.79 Å². The van der Waals surface area contributed by atoms with Crippen LogP contribution < -0.4 is 0 Å². The van der Waals surface area contributed by atoms with Crippen molar-refractivity contribution in [1.82, 2.24) is 4.90 Å². The molecular formula is C17H21NO4S. The Bertz CT molecular complexity index is 790. The first-order valence-corrected chi connectivity index (χ1v) is 9.29. The standard InChI is InChI=1S/C17H21NO4S/c1-5-14-8-11-16(22-14)17(19)18(3)12(2)13-6-9-15(10-7-13)23(4,20)21/h6-12H,5H2,1-4H3/t12-/m0/s1. The van der Waals surface area contributed by atoms with Crippen LogP contribution in [-0.4, -0.2) is 32.5 Å². The van der Waals surface area contributed by atoms with Crippen LogP contribution in [0.5, 0.6) is 0 Å². The molecule has 0 radical (unpaired) electrons. The van der Waals surface area contributed by atoms with Gasteiger partial charge >= 0.3 is 0 Å². The number of amides is 1. The number of carbonyl (C=O) groups is 1. The average molecular weight is 335 g/mol. The van der Waals surface area contributed by atoms with Crippen molar-refractivity contribution in [1.29, 1.82) is 0 Å². The molecule has 6 heteroatoms. The number of benzene rings is 1. The first-order chi connectivity index (χ1) is 10.7. The Labute approximate surface area is 136 Å². The fraction of sp³-hybridized carbons (Fsp3) is 0.353. The van der Waals surface area contributed by atoms with Crippen molar-refractivity contribution >= 4 is 15.7 Å². The third-order valence-corrected chi connectivity index (χ3v) is 5.04. The van der Waals surface area contributed by atoms with E-state index in [1.165, 1.54) is 6.26 Å². The van der Waals surface area contributed by atoms with E-state index in [-0.39, 0.29) is 16.8 Å². The van der Waals surface area contributed by atoms with Crippen LogP contribution in [-0.2, 0) is 16.3 Å². The fourth-order valence-corrected chi connectivity index (χ4v) is 2.88. The molecular weight excluding hydrogens is 314 g/mol. The summed E-state index contributed by atoms with van der Waals surface area (Å²) in [5.41, 5.74) is 0.857. The zero-order valence-corrected chi connectivity index (χ0v) is 14.6. The minimum atomic E-state index is -3.22. The van der Waals surface area contributed by atoms with Gasteiger partial charge in [0.05, 0.1) is 10.9 Å². The van der Waals surface area contributed by atoms with Crippen LogP contribution in [0, 0.1) is 0 Å². The zero-order chi connectivity index (χ0) is 17.2. The number of sulfone groups is 1. The van der Waals surface area contributed by atoms with Crippen LogP contribution in [0.3, 0.4) is 0 Å². The first-order valence-electron chi connectivity index (χ1n) is 7.40. The summed E-state index contributed by atoms with van der Waals surface area (Å²) in [4.78, 5) is 14.3. The summed E-state index contributed by atoms with van der Waals surface area (Å²) >= 11 is 0. The molecule has 1 heterocycles. The van der Waals surface area contributed by atoms with E-state index in [1.54, 1.807) is 48.3 Å². The number of furan rings is 1. The van der Waals surface area contributed by atoms with Crippen molar-refractivity contribution in [2.75, 3.05) is 13.3 Å². The van der Waals surface area contributed by atoms with Crippen LogP contribution in [0.2, 0.25) is 0 Å². The van der Waals surface area contributed by atoms with Crippen LogP contribution >= 0.6 is 0 Å². The molecule has 0 aliphatic rings. The largest absolute Gasteiger partial charge is 0.456 e. The predicted molar refractivity (Wildman–Crippen MR) is 88.1 cm³/mol. The van der Waals surface area contributed by atoms with E-state index < -0.39 is 9.84 Å². The molecule has 0 bridgehead atoms. The summed E-state index contributed by atoms with van der Waals surface area (Å²) in [7, 11) is -1.52. The molecule has 0 aliphatic heterocycles. The quantitative estimate of drug-likeness (QED) is 0.842. The molecule has 0 saturated heterocycles. The van der Waals surface area contributed by atoms with E-state index in [0.717, 1.165) is 17.7 Å². The predicted octanol–water partition coefficient (Wildman–Crippen LogP) is 3.08. The lowest BCUT2D eigenvalue weighted by Gasteiger charge is -2.24. The minimum absolute atomic E-state index is 0.203. The van der Waals surface area contributed by atoms with Crippen LogP contribution in [0.25, 0.3) is 0 Å². The molecule has 23 heavy (non-hydrogen) atoms. The Morgan fingerprint density at radius 1 is 1.17 bits per heavy atom. The summed E-state index contributed by atoms with van der Waals surface area (Å²) in [6.07, 6.45) is 1.91. The number of hydrogen-bond donors (Lipinski definition) is 0. The van der Waals surface area contributed by atoms with E-state index >= 15 is 0 Å². The maximum absolute atomic E-state index is 12.5. The highest BCUT2D eigenvalue weighted by molar-refractivity contribution is 7.90. The average Bonchev–Trinajstić information content (AvgIpc) is 3.01. The Kier molecular flexibility index (Phi) is 4.94. The lowest BCUT2D eigenvalue weighted by Crippen LogP contribution is -2.29. The summed E-state index contributed by atoms with van der Waals surface area (Å²) in [5.74, 6) is 0.875. The third-order valence-electron chi connectivity index (χ3n) is 3.91. The van der Waals surface area contributed by atoms with Crippen molar-refractivity contribution in [3.05, 3.63) is 53.5 Å². The summed E-state index contributed by atoms with van der Waals surface area (Å²) in [6, 6.07) is 9.84. The SMILES string of the molecule is CCc1ccc(C(=O)N(C)[C@@H](C)c2ccc(S(C)(=O)=O)cc2)o1. The maximum Gasteiger partial charge on any atom is 0.289 e. The normalized spacial score (nSPS) is 12.9. The highest BCUT2D eigenvalue weighted by Gasteiger charge is 2.22. The summed E-state index contributed by atoms with van der Waals surface area (Å²) < 4.78 is 28.5. The highest BCUT2D eigenvalue weighted by Crippen LogP contribution is 2.23. The van der Waals surface area contributed by atoms with Gasteiger partial charge in [-0.1, -0.05) is 19.1 Å². The Hall–Kier alpha value is -2.08. The van der Waals surface area contributed by atoms with Gasteiger partial charge in [0.2, 0.25) is 0 Å². The van der Waals surface area contributed by atoms with Crippen molar-refractivity contribution in [2.45, 2.75) is 31.2 Å². The number of hydrogen-bond acceptors (Lipinski definition) is 4. The molecule has 2 rings (SSSR count). The molecule has 5 nitrogen and oxygen atoms in total. The van der Waals surface area contributed by atoms with Crippen LogP contribution in [0.1, 0.15) is 41.8 Å². The minimum Gasteiger partial charge on any atom is -0.456 e. The zero-order valence-electron chi connectivity index (χ0n) is 13.7. The van der Waals surface area contributed by atoms with E-state index in [9.17, 15) is 13.2 Å². The molecule has 1 amide bonds. The first kappa shape index (κ1) is 17.3. The van der Waals surface area contributed by atoms with E-state index in [2.05, 4.69) is 0 Å². The Morgan fingerprint density at radius 2 is 1.78 bits per heavy atom. The van der Waals surface area contributed by atoms with Crippen LogP contribution in [0.4, 0.5) is 0 Å². The second-order valence-electron chi connectivity index (χ2n) is 5.55. The molecule has 0 spiro atoms. The van der Waals surface area contributed by atoms with Crippen molar-refractivity contribution < 1.29 is 17.6 Å². The molecule has 0 unspecified atom stereocenters. The van der Waals surface area contributed by atoms with Crippen molar-refractivity contribution in [2.24, 2.45) is 0 Å². The third kappa shape index (κ3) is 3.82. The van der Waals surface area contributed by atoms with Crippen LogP contribution in [0.15, 0.2) is 45.7 Å². The number of aryl methyl sites for hydroxylation is 1. The van der Waals surface area contributed by atoms with Gasteiger partial charge < -0.3 is 9.32 Å². The second-order valence-corrected chi connectivity index (χ2v) is 7.57. The van der Waals surface area contributed by atoms with E-state index in [4.69, 9.17) is 4.42 Å². The highest BCUT2D eigenvalue weighted by atomic mass is 32.2. The van der Waals surface area contributed by atoms with Gasteiger partial charge in [0.15, 0.2) is 15.6 Å².